The van der Waals surface area contributed by atoms with E-state index in [1.54, 1.807) is 0 Å². The Bertz CT molecular complexity index is 1170. The maximum atomic E-state index is 13.6. The third-order valence-corrected chi connectivity index (χ3v) is 7.16. The van der Waals surface area contributed by atoms with E-state index in [1.807, 2.05) is 21.8 Å². The Kier molecular flexibility index (Phi) is 5.95. The fourth-order valence-electron chi connectivity index (χ4n) is 4.98. The van der Waals surface area contributed by atoms with Crippen LogP contribution in [0.15, 0.2) is 12.3 Å². The number of carbonyl (C=O) groups is 1. The van der Waals surface area contributed by atoms with Crippen LogP contribution in [0.5, 0.6) is 0 Å². The zero-order valence-corrected chi connectivity index (χ0v) is 20.3. The van der Waals surface area contributed by atoms with Gasteiger partial charge in [-0.05, 0) is 46.1 Å². The van der Waals surface area contributed by atoms with Crippen LogP contribution in [0.2, 0.25) is 0 Å². The SMILES string of the molecule is CCCn1ncc2c(C(=O)N3CCN(Cc4c(C)nn(CC)c4C)CC3)cc(C3CC3)nc21. The smallest absolute Gasteiger partial charge is 0.254 e. The van der Waals surface area contributed by atoms with Crippen LogP contribution in [-0.2, 0) is 19.6 Å². The largest absolute Gasteiger partial charge is 0.336 e. The van der Waals surface area contributed by atoms with Crippen LogP contribution in [-0.4, -0.2) is 66.4 Å². The molecular formula is C25H35N7O. The van der Waals surface area contributed by atoms with Crippen molar-refractivity contribution in [3.8, 4) is 0 Å². The second-order valence-corrected chi connectivity index (χ2v) is 9.51. The quantitative estimate of drug-likeness (QED) is 0.552. The Morgan fingerprint density at radius 3 is 2.48 bits per heavy atom. The van der Waals surface area contributed by atoms with Gasteiger partial charge < -0.3 is 4.90 Å². The number of hydrogen-bond donors (Lipinski definition) is 0. The molecule has 5 rings (SSSR count). The average molecular weight is 450 g/mol. The summed E-state index contributed by atoms with van der Waals surface area (Å²) in [7, 11) is 0. The molecule has 8 nitrogen and oxygen atoms in total. The Morgan fingerprint density at radius 2 is 1.85 bits per heavy atom. The number of hydrogen-bond acceptors (Lipinski definition) is 5. The molecule has 1 saturated heterocycles. The summed E-state index contributed by atoms with van der Waals surface area (Å²) < 4.78 is 4.03. The number of piperazine rings is 1. The first-order chi connectivity index (χ1) is 16.0. The second-order valence-electron chi connectivity index (χ2n) is 9.51. The number of pyridine rings is 1. The minimum absolute atomic E-state index is 0.117. The van der Waals surface area contributed by atoms with Crippen molar-refractivity contribution in [2.45, 2.75) is 72.5 Å². The van der Waals surface area contributed by atoms with E-state index in [9.17, 15) is 4.79 Å². The van der Waals surface area contributed by atoms with Crippen molar-refractivity contribution < 1.29 is 4.79 Å². The lowest BCUT2D eigenvalue weighted by atomic mass is 10.1. The van der Waals surface area contributed by atoms with Crippen LogP contribution in [0.25, 0.3) is 11.0 Å². The fraction of sp³-hybridized carbons (Fsp3) is 0.600. The van der Waals surface area contributed by atoms with Gasteiger partial charge >= 0.3 is 0 Å². The summed E-state index contributed by atoms with van der Waals surface area (Å²) in [5, 5.41) is 10.1. The highest BCUT2D eigenvalue weighted by atomic mass is 16.2. The summed E-state index contributed by atoms with van der Waals surface area (Å²) in [5.74, 6) is 0.615. The van der Waals surface area contributed by atoms with Crippen LogP contribution >= 0.6 is 0 Å². The molecule has 1 amide bonds. The van der Waals surface area contributed by atoms with E-state index >= 15 is 0 Å². The number of aryl methyl sites for hydroxylation is 3. The molecule has 3 aromatic heterocycles. The zero-order valence-electron chi connectivity index (χ0n) is 20.3. The Balaban J connectivity index is 1.32. The summed E-state index contributed by atoms with van der Waals surface area (Å²) >= 11 is 0. The van der Waals surface area contributed by atoms with Gasteiger partial charge in [-0.2, -0.15) is 10.2 Å². The standard InChI is InChI=1S/C25H35N7O/c1-5-9-32-24-21(15-26-32)20(14-23(27-24)19-7-8-19)25(33)30-12-10-29(11-13-30)16-22-17(3)28-31(6-2)18(22)4/h14-15,19H,5-13,16H2,1-4H3. The minimum Gasteiger partial charge on any atom is -0.336 e. The van der Waals surface area contributed by atoms with E-state index in [2.05, 4.69) is 47.5 Å². The van der Waals surface area contributed by atoms with Gasteiger partial charge in [0.15, 0.2) is 5.65 Å². The first-order valence-corrected chi connectivity index (χ1v) is 12.4. The molecule has 0 radical (unpaired) electrons. The molecule has 0 spiro atoms. The van der Waals surface area contributed by atoms with Gasteiger partial charge in [-0.25, -0.2) is 9.67 Å². The van der Waals surface area contributed by atoms with Crippen molar-refractivity contribution in [3.63, 3.8) is 0 Å². The van der Waals surface area contributed by atoms with E-state index in [1.165, 1.54) is 24.1 Å². The van der Waals surface area contributed by atoms with Gasteiger partial charge in [0.2, 0.25) is 0 Å². The van der Waals surface area contributed by atoms with Crippen molar-refractivity contribution in [1.29, 1.82) is 0 Å². The third kappa shape index (κ3) is 4.16. The molecule has 8 heteroatoms. The van der Waals surface area contributed by atoms with Crippen LogP contribution in [0.4, 0.5) is 0 Å². The second kappa shape index (κ2) is 8.89. The van der Waals surface area contributed by atoms with Crippen molar-refractivity contribution in [2.75, 3.05) is 26.2 Å². The highest BCUT2D eigenvalue weighted by Crippen LogP contribution is 2.40. The first-order valence-electron chi connectivity index (χ1n) is 12.4. The number of aromatic nitrogens is 5. The lowest BCUT2D eigenvalue weighted by molar-refractivity contribution is 0.0629. The van der Waals surface area contributed by atoms with Gasteiger partial charge in [0, 0.05) is 68.7 Å². The summed E-state index contributed by atoms with van der Waals surface area (Å²) in [6.45, 7) is 14.4. The molecule has 33 heavy (non-hydrogen) atoms. The van der Waals surface area contributed by atoms with E-state index in [0.29, 0.717) is 5.92 Å². The van der Waals surface area contributed by atoms with Gasteiger partial charge in [-0.15, -0.1) is 0 Å². The molecular weight excluding hydrogens is 414 g/mol. The maximum Gasteiger partial charge on any atom is 0.254 e. The highest BCUT2D eigenvalue weighted by Gasteiger charge is 2.30. The molecule has 0 atom stereocenters. The van der Waals surface area contributed by atoms with E-state index in [0.717, 1.165) is 80.2 Å². The van der Waals surface area contributed by atoms with Gasteiger partial charge in [0.05, 0.1) is 22.8 Å². The molecule has 3 aromatic rings. The normalized spacial score (nSPS) is 17.3. The van der Waals surface area contributed by atoms with Crippen molar-refractivity contribution in [1.82, 2.24) is 34.3 Å². The summed E-state index contributed by atoms with van der Waals surface area (Å²) in [6.07, 6.45) is 5.16. The lowest BCUT2D eigenvalue weighted by Gasteiger charge is -2.35. The Hall–Kier alpha value is -2.74. The molecule has 0 aromatic carbocycles. The highest BCUT2D eigenvalue weighted by molar-refractivity contribution is 6.05. The molecule has 0 unspecified atom stereocenters. The Morgan fingerprint density at radius 1 is 1.09 bits per heavy atom. The van der Waals surface area contributed by atoms with Crippen LogP contribution in [0.1, 0.15) is 72.0 Å². The van der Waals surface area contributed by atoms with Gasteiger partial charge in [-0.3, -0.25) is 14.4 Å². The van der Waals surface area contributed by atoms with Crippen molar-refractivity contribution in [2.24, 2.45) is 0 Å². The molecule has 2 fully saturated rings. The van der Waals surface area contributed by atoms with Crippen LogP contribution in [0.3, 0.4) is 0 Å². The summed E-state index contributed by atoms with van der Waals surface area (Å²) in [6, 6.07) is 2.04. The number of rotatable bonds is 7. The summed E-state index contributed by atoms with van der Waals surface area (Å²) in [5.41, 5.74) is 6.38. The van der Waals surface area contributed by atoms with Crippen LogP contribution in [0, 0.1) is 13.8 Å². The molecule has 1 saturated carbocycles. The molecule has 0 N–H and O–H groups in total. The van der Waals surface area contributed by atoms with E-state index in [-0.39, 0.29) is 5.91 Å². The van der Waals surface area contributed by atoms with Gasteiger partial charge in [0.25, 0.3) is 5.91 Å². The Labute approximate surface area is 195 Å². The van der Waals surface area contributed by atoms with Gasteiger partial charge in [-0.1, -0.05) is 6.92 Å². The first kappa shape index (κ1) is 22.1. The number of nitrogens with zero attached hydrogens (tertiary/aromatic N) is 7. The molecule has 2 aliphatic rings. The minimum atomic E-state index is 0.117. The maximum absolute atomic E-state index is 13.6. The summed E-state index contributed by atoms with van der Waals surface area (Å²) in [4.78, 5) is 23.0. The van der Waals surface area contributed by atoms with Crippen molar-refractivity contribution in [3.05, 3.63) is 40.5 Å². The van der Waals surface area contributed by atoms with Gasteiger partial charge in [0.1, 0.15) is 0 Å². The lowest BCUT2D eigenvalue weighted by Crippen LogP contribution is -2.48. The predicted octanol–water partition coefficient (Wildman–Crippen LogP) is 3.51. The molecule has 176 valence electrons. The number of carbonyl (C=O) groups excluding carboxylic acids is 1. The topological polar surface area (TPSA) is 72.1 Å². The van der Waals surface area contributed by atoms with Crippen molar-refractivity contribution >= 4 is 16.9 Å². The number of amides is 1. The van der Waals surface area contributed by atoms with Crippen LogP contribution < -0.4 is 0 Å². The molecule has 4 heterocycles. The molecule has 0 bridgehead atoms. The average Bonchev–Trinajstić information content (AvgIpc) is 3.55. The third-order valence-electron chi connectivity index (χ3n) is 7.16. The number of fused-ring (bicyclic) bond motifs is 1. The van der Waals surface area contributed by atoms with E-state index < -0.39 is 0 Å². The molecule has 1 aliphatic carbocycles. The predicted molar refractivity (Wildman–Crippen MR) is 128 cm³/mol. The zero-order chi connectivity index (χ0) is 23.1. The fourth-order valence-corrected chi connectivity index (χ4v) is 4.98. The monoisotopic (exact) mass is 449 g/mol. The van der Waals surface area contributed by atoms with E-state index in [4.69, 9.17) is 4.98 Å². The molecule has 1 aliphatic heterocycles.